The van der Waals surface area contributed by atoms with Crippen molar-refractivity contribution in [2.24, 2.45) is 0 Å². The molecule has 0 rings (SSSR count). The predicted octanol–water partition coefficient (Wildman–Crippen LogP) is -0.573. The minimum absolute atomic E-state index is 0.142. The van der Waals surface area contributed by atoms with E-state index in [0.717, 1.165) is 11.0 Å². The van der Waals surface area contributed by atoms with Gasteiger partial charge in [-0.25, -0.2) is 0 Å². The summed E-state index contributed by atoms with van der Waals surface area (Å²) in [5, 5.41) is 9.62. The van der Waals surface area contributed by atoms with E-state index in [1.54, 1.807) is 13.0 Å². The molecule has 0 saturated heterocycles. The van der Waals surface area contributed by atoms with Crippen LogP contribution in [0.1, 0.15) is 13.3 Å². The molecule has 0 aliphatic rings. The van der Waals surface area contributed by atoms with Gasteiger partial charge in [0.05, 0.1) is 12.5 Å². The number of Topliss-reactive ketones (excluding diaryl/α,β-unsaturated/α-hetero) is 1. The third-order valence-electron chi connectivity index (χ3n) is 3.86. The van der Waals surface area contributed by atoms with Crippen LogP contribution in [0.5, 0.6) is 0 Å². The molecule has 0 aromatic heterocycles. The van der Waals surface area contributed by atoms with Gasteiger partial charge >= 0.3 is 0 Å². The van der Waals surface area contributed by atoms with Crippen LogP contribution < -0.4 is 0 Å². The normalized spacial score (nSPS) is 11.6. The fourth-order valence-electron chi connectivity index (χ4n) is 2.00. The number of aliphatic hydroxyl groups excluding tert-OH is 1. The minimum atomic E-state index is -0.794. The first kappa shape index (κ1) is 25.8. The maximum Gasteiger partial charge on any atom is 0.290 e. The number of carbonyl (C=O) groups is 5. The molecule has 162 valence electrons. The van der Waals surface area contributed by atoms with Gasteiger partial charge in [0.25, 0.3) is 17.7 Å². The summed E-state index contributed by atoms with van der Waals surface area (Å²) < 4.78 is 0. The van der Waals surface area contributed by atoms with Crippen molar-refractivity contribution in [2.75, 3.05) is 55.4 Å². The van der Waals surface area contributed by atoms with Crippen LogP contribution in [0.25, 0.3) is 0 Å². The number of aliphatic hydroxyl groups is 1. The zero-order valence-electron chi connectivity index (χ0n) is 18.1. The van der Waals surface area contributed by atoms with Gasteiger partial charge in [0.15, 0.2) is 5.76 Å². The van der Waals surface area contributed by atoms with Crippen LogP contribution in [0.2, 0.25) is 0 Å². The van der Waals surface area contributed by atoms with E-state index in [1.807, 2.05) is 0 Å². The molecule has 0 bridgehead atoms. The Labute approximate surface area is 171 Å². The van der Waals surface area contributed by atoms with Gasteiger partial charge < -0.3 is 24.7 Å². The summed E-state index contributed by atoms with van der Waals surface area (Å²) in [4.78, 5) is 63.9. The van der Waals surface area contributed by atoms with Crippen molar-refractivity contribution >= 4 is 29.4 Å². The highest BCUT2D eigenvalue weighted by atomic mass is 16.3. The number of nitrogens with zero attached hydrogens (tertiary/aromatic N) is 4. The monoisotopic (exact) mass is 410 g/mol. The Morgan fingerprint density at radius 1 is 0.828 bits per heavy atom. The van der Waals surface area contributed by atoms with E-state index in [2.05, 4.69) is 0 Å². The number of hydrogen-bond acceptors (Lipinski definition) is 6. The van der Waals surface area contributed by atoms with Crippen LogP contribution in [-0.4, -0.2) is 109 Å². The van der Waals surface area contributed by atoms with Crippen molar-refractivity contribution in [3.05, 3.63) is 23.5 Å². The van der Waals surface area contributed by atoms with Crippen LogP contribution in [0.15, 0.2) is 23.5 Å². The number of ketones is 1. The molecule has 0 aromatic rings. The van der Waals surface area contributed by atoms with E-state index in [1.165, 1.54) is 57.0 Å². The minimum Gasteiger partial charge on any atom is -0.503 e. The first-order chi connectivity index (χ1) is 13.3. The van der Waals surface area contributed by atoms with Crippen LogP contribution in [0, 0.1) is 0 Å². The molecule has 0 unspecified atom stereocenters. The van der Waals surface area contributed by atoms with Crippen LogP contribution >= 0.6 is 0 Å². The second-order valence-corrected chi connectivity index (χ2v) is 7.05. The molecule has 0 aliphatic carbocycles. The van der Waals surface area contributed by atoms with Gasteiger partial charge in [-0.15, -0.1) is 0 Å². The van der Waals surface area contributed by atoms with Crippen molar-refractivity contribution in [1.29, 1.82) is 0 Å². The molecule has 29 heavy (non-hydrogen) atoms. The van der Waals surface area contributed by atoms with Crippen LogP contribution in [0.3, 0.4) is 0 Å². The maximum atomic E-state index is 12.1. The molecule has 0 radical (unpaired) electrons. The molecule has 0 saturated carbocycles. The highest BCUT2D eigenvalue weighted by Crippen LogP contribution is 2.02. The first-order valence-corrected chi connectivity index (χ1v) is 8.79. The Morgan fingerprint density at radius 3 is 1.86 bits per heavy atom. The van der Waals surface area contributed by atoms with Crippen LogP contribution in [-0.2, 0) is 24.0 Å². The van der Waals surface area contributed by atoms with Gasteiger partial charge in [-0.2, -0.15) is 0 Å². The maximum absolute atomic E-state index is 12.1. The Morgan fingerprint density at radius 2 is 1.38 bits per heavy atom. The molecular weight excluding hydrogens is 380 g/mol. The summed E-state index contributed by atoms with van der Waals surface area (Å²) in [5.74, 6) is -3.93. The zero-order chi connectivity index (χ0) is 22.9. The molecule has 0 heterocycles. The highest BCUT2D eigenvalue weighted by Gasteiger charge is 2.22. The summed E-state index contributed by atoms with van der Waals surface area (Å²) >= 11 is 0. The van der Waals surface area contributed by atoms with Gasteiger partial charge in [-0.1, -0.05) is 11.6 Å². The van der Waals surface area contributed by atoms with Crippen molar-refractivity contribution in [2.45, 2.75) is 13.3 Å². The quantitative estimate of drug-likeness (QED) is 0.179. The van der Waals surface area contributed by atoms with Crippen LogP contribution in [0.4, 0.5) is 0 Å². The van der Waals surface area contributed by atoms with Gasteiger partial charge in [0.1, 0.15) is 0 Å². The van der Waals surface area contributed by atoms with E-state index in [0.29, 0.717) is 5.57 Å². The Hall–Kier alpha value is -3.17. The smallest absolute Gasteiger partial charge is 0.290 e. The van der Waals surface area contributed by atoms with Gasteiger partial charge in [-0.05, 0) is 6.92 Å². The van der Waals surface area contributed by atoms with Gasteiger partial charge in [0, 0.05) is 55.4 Å². The molecule has 0 aliphatic heterocycles. The predicted molar refractivity (Wildman–Crippen MR) is 107 cm³/mol. The standard InChI is InChI=1S/C19H30N4O6/c1-13(12-23(7)19(29)15(25)10-16(26)20(2)3)8-9-22(6)17(27)11-14(24)18(28)21(4)5/h8,11,24H,9-10,12H2,1-7H3/b13-8-,14-11-. The summed E-state index contributed by atoms with van der Waals surface area (Å²) in [7, 11) is 8.83. The second-order valence-electron chi connectivity index (χ2n) is 7.05. The molecule has 4 amide bonds. The number of carbonyl (C=O) groups excluding carboxylic acids is 5. The number of likely N-dealkylation sites (N-methyl/N-ethyl adjacent to an activating group) is 3. The fourth-order valence-corrected chi connectivity index (χ4v) is 2.00. The second kappa shape index (κ2) is 11.6. The average molecular weight is 410 g/mol. The zero-order valence-corrected chi connectivity index (χ0v) is 18.1. The van der Waals surface area contributed by atoms with Crippen molar-refractivity contribution in [1.82, 2.24) is 19.6 Å². The summed E-state index contributed by atoms with van der Waals surface area (Å²) in [6.07, 6.45) is 2.02. The molecular formula is C19H30N4O6. The number of rotatable bonds is 9. The van der Waals surface area contributed by atoms with Gasteiger partial charge in [-0.3, -0.25) is 24.0 Å². The molecule has 10 nitrogen and oxygen atoms in total. The third-order valence-corrected chi connectivity index (χ3v) is 3.86. The lowest BCUT2D eigenvalue weighted by Gasteiger charge is -2.18. The first-order valence-electron chi connectivity index (χ1n) is 8.79. The Kier molecular flexibility index (Phi) is 10.4. The summed E-state index contributed by atoms with van der Waals surface area (Å²) in [6.45, 7) is 2.03. The van der Waals surface area contributed by atoms with Crippen molar-refractivity contribution < 1.29 is 29.1 Å². The molecule has 0 aromatic carbocycles. The highest BCUT2D eigenvalue weighted by molar-refractivity contribution is 6.39. The summed E-state index contributed by atoms with van der Waals surface area (Å²) in [6, 6.07) is 0. The third kappa shape index (κ3) is 9.04. The molecule has 0 atom stereocenters. The lowest BCUT2D eigenvalue weighted by molar-refractivity contribution is -0.146. The Bertz CT molecular complexity index is 724. The molecule has 0 spiro atoms. The fraction of sp³-hybridized carbons (Fsp3) is 0.526. The van der Waals surface area contributed by atoms with E-state index < -0.39 is 41.6 Å². The lowest BCUT2D eigenvalue weighted by atomic mass is 10.2. The lowest BCUT2D eigenvalue weighted by Crippen LogP contribution is -2.37. The summed E-state index contributed by atoms with van der Waals surface area (Å²) in [5.41, 5.74) is 0.713. The van der Waals surface area contributed by atoms with Gasteiger partial charge in [0.2, 0.25) is 11.7 Å². The largest absolute Gasteiger partial charge is 0.503 e. The topological polar surface area (TPSA) is 119 Å². The van der Waals surface area contributed by atoms with Crippen molar-refractivity contribution in [3.8, 4) is 0 Å². The number of hydrogen-bond donors (Lipinski definition) is 1. The van der Waals surface area contributed by atoms with E-state index >= 15 is 0 Å². The Balaban J connectivity index is 4.79. The SMILES string of the molecule is C/C(=C/CN(C)C(=O)/C=C(\O)C(=O)N(C)C)CN(C)C(=O)C(=O)CC(=O)N(C)C. The molecule has 10 heteroatoms. The van der Waals surface area contributed by atoms with E-state index in [4.69, 9.17) is 0 Å². The average Bonchev–Trinajstić information content (AvgIpc) is 2.63. The molecule has 0 fully saturated rings. The molecule has 1 N–H and O–H groups in total. The number of amides is 4. The van der Waals surface area contributed by atoms with E-state index in [9.17, 15) is 29.1 Å². The van der Waals surface area contributed by atoms with Crippen molar-refractivity contribution in [3.63, 3.8) is 0 Å². The van der Waals surface area contributed by atoms with E-state index in [-0.39, 0.29) is 13.1 Å².